The van der Waals surface area contributed by atoms with Crippen molar-refractivity contribution in [3.8, 4) is 0 Å². The highest BCUT2D eigenvalue weighted by molar-refractivity contribution is 7.93. The molecule has 0 bridgehead atoms. The van der Waals surface area contributed by atoms with Gasteiger partial charge < -0.3 is 9.92 Å². The Kier molecular flexibility index (Phi) is 5.15. The Morgan fingerprint density at radius 3 is 3.11 bits per heavy atom. The molecule has 2 rings (SSSR count). The molecular weight excluding hydrogens is 278 g/mol. The van der Waals surface area contributed by atoms with Gasteiger partial charge in [0.25, 0.3) is 0 Å². The maximum absolute atomic E-state index is 7.64. The first-order valence-corrected chi connectivity index (χ1v) is 7.77. The minimum Gasteiger partial charge on any atom is -0.384 e. The first kappa shape index (κ1) is 14.7. The minimum absolute atomic E-state index is 0.147. The highest BCUT2D eigenvalue weighted by atomic mass is 32.2. The van der Waals surface area contributed by atoms with Gasteiger partial charge in [0.15, 0.2) is 0 Å². The number of nitrogen functional groups attached to an aromatic ring is 1. The zero-order chi connectivity index (χ0) is 13.8. The molecule has 0 fully saturated rings. The Hall–Kier alpha value is -0.690. The van der Waals surface area contributed by atoms with Gasteiger partial charge in [-0.1, -0.05) is 31.0 Å². The highest BCUT2D eigenvalue weighted by Crippen LogP contribution is 2.38. The summed E-state index contributed by atoms with van der Waals surface area (Å²) in [5, 5.41) is 7.64. The molecule has 0 aliphatic heterocycles. The number of hydrogen-bond acceptors (Lipinski definition) is 5. The Morgan fingerprint density at radius 2 is 2.42 bits per heavy atom. The Bertz CT molecular complexity index is 467. The minimum atomic E-state index is 0.147. The number of fused-ring (bicyclic) bond motifs is 1. The second-order valence-electron chi connectivity index (χ2n) is 4.49. The quantitative estimate of drug-likeness (QED) is 0.248. The number of hydrogen-bond donors (Lipinski definition) is 3. The van der Waals surface area contributed by atoms with Crippen LogP contribution in [0.2, 0.25) is 0 Å². The van der Waals surface area contributed by atoms with Gasteiger partial charge in [-0.2, -0.15) is 0 Å². The lowest BCUT2D eigenvalue weighted by Gasteiger charge is -2.23. The molecule has 0 amide bonds. The summed E-state index contributed by atoms with van der Waals surface area (Å²) in [7, 11) is 0. The predicted octanol–water partition coefficient (Wildman–Crippen LogP) is 2.40. The van der Waals surface area contributed by atoms with E-state index >= 15 is 0 Å². The van der Waals surface area contributed by atoms with E-state index in [1.54, 1.807) is 0 Å². The second-order valence-corrected chi connectivity index (χ2v) is 5.58. The van der Waals surface area contributed by atoms with E-state index < -0.39 is 0 Å². The SMILES string of the molecule is CSOCCN(S)[C@H]1CCc2c(C(=N)N)cccc21. The molecule has 6 heteroatoms. The fourth-order valence-corrected chi connectivity index (χ4v) is 3.13. The van der Waals surface area contributed by atoms with Gasteiger partial charge in [0.05, 0.1) is 6.61 Å². The van der Waals surface area contributed by atoms with Gasteiger partial charge in [-0.3, -0.25) is 5.41 Å². The molecule has 0 saturated carbocycles. The van der Waals surface area contributed by atoms with Gasteiger partial charge in [-0.15, -0.1) is 0 Å². The van der Waals surface area contributed by atoms with E-state index in [1.165, 1.54) is 23.2 Å². The lowest BCUT2D eigenvalue weighted by atomic mass is 10.0. The fraction of sp³-hybridized carbons (Fsp3) is 0.462. The lowest BCUT2D eigenvalue weighted by molar-refractivity contribution is 0.283. The summed E-state index contributed by atoms with van der Waals surface area (Å²) in [5.41, 5.74) is 8.94. The van der Waals surface area contributed by atoms with Crippen LogP contribution in [0.1, 0.15) is 29.2 Å². The van der Waals surface area contributed by atoms with Crippen molar-refractivity contribution in [1.82, 2.24) is 4.31 Å². The van der Waals surface area contributed by atoms with Crippen LogP contribution in [0.4, 0.5) is 0 Å². The summed E-state index contributed by atoms with van der Waals surface area (Å²) in [4.78, 5) is 0. The van der Waals surface area contributed by atoms with Crippen molar-refractivity contribution in [2.24, 2.45) is 5.73 Å². The summed E-state index contributed by atoms with van der Waals surface area (Å²) in [6.45, 7) is 1.43. The molecule has 0 radical (unpaired) electrons. The molecule has 0 spiro atoms. The Labute approximate surface area is 124 Å². The van der Waals surface area contributed by atoms with E-state index in [-0.39, 0.29) is 11.9 Å². The van der Waals surface area contributed by atoms with Crippen LogP contribution in [0.5, 0.6) is 0 Å². The maximum atomic E-state index is 7.64. The molecule has 1 aliphatic carbocycles. The van der Waals surface area contributed by atoms with Gasteiger partial charge in [0.1, 0.15) is 5.84 Å². The third-order valence-corrected chi connectivity index (χ3v) is 4.29. The van der Waals surface area contributed by atoms with Crippen LogP contribution in [0.15, 0.2) is 18.2 Å². The second kappa shape index (κ2) is 6.65. The van der Waals surface area contributed by atoms with Crippen molar-refractivity contribution in [2.45, 2.75) is 18.9 Å². The van der Waals surface area contributed by atoms with Crippen LogP contribution < -0.4 is 5.73 Å². The van der Waals surface area contributed by atoms with Crippen LogP contribution in [0.3, 0.4) is 0 Å². The maximum Gasteiger partial charge on any atom is 0.123 e. The number of rotatable bonds is 6. The molecule has 0 saturated heterocycles. The van der Waals surface area contributed by atoms with Crippen molar-refractivity contribution in [1.29, 1.82) is 5.41 Å². The standard InChI is InChI=1S/C13H19N3OS2/c1-19-17-8-7-16(18)12-6-5-9-10(12)3-2-4-11(9)13(14)15/h2-4,12,18H,5-8H2,1H3,(H3,14,15)/t12-/m0/s1. The number of nitrogens with zero attached hydrogens (tertiary/aromatic N) is 1. The van der Waals surface area contributed by atoms with E-state index in [0.29, 0.717) is 6.61 Å². The summed E-state index contributed by atoms with van der Waals surface area (Å²) in [6.07, 6.45) is 3.88. The number of benzene rings is 1. The topological polar surface area (TPSA) is 62.3 Å². The van der Waals surface area contributed by atoms with Crippen molar-refractivity contribution < 1.29 is 4.18 Å². The molecule has 1 aliphatic rings. The van der Waals surface area contributed by atoms with Crippen molar-refractivity contribution in [3.05, 3.63) is 34.9 Å². The van der Waals surface area contributed by atoms with E-state index in [4.69, 9.17) is 15.3 Å². The summed E-state index contributed by atoms with van der Waals surface area (Å²) >= 11 is 5.94. The Balaban J connectivity index is 2.13. The van der Waals surface area contributed by atoms with Crippen LogP contribution in [0.25, 0.3) is 0 Å². The average molecular weight is 297 g/mol. The molecule has 104 valence electrons. The Morgan fingerprint density at radius 1 is 1.63 bits per heavy atom. The fourth-order valence-electron chi connectivity index (χ4n) is 2.56. The van der Waals surface area contributed by atoms with Crippen LogP contribution in [-0.2, 0) is 10.6 Å². The summed E-state index contributed by atoms with van der Waals surface area (Å²) in [5.74, 6) is 0.147. The third-order valence-electron chi connectivity index (χ3n) is 3.41. The van der Waals surface area contributed by atoms with Gasteiger partial charge in [0.2, 0.25) is 0 Å². The van der Waals surface area contributed by atoms with E-state index in [2.05, 4.69) is 18.9 Å². The first-order chi connectivity index (χ1) is 9.15. The van der Waals surface area contributed by atoms with Gasteiger partial charge in [-0.05, 0) is 36.0 Å². The smallest absolute Gasteiger partial charge is 0.123 e. The van der Waals surface area contributed by atoms with E-state index in [0.717, 1.165) is 24.9 Å². The normalized spacial score (nSPS) is 17.7. The molecule has 1 aromatic rings. The number of nitrogens with one attached hydrogen (secondary N) is 1. The number of nitrogens with two attached hydrogens (primary N) is 1. The number of thiol groups is 1. The average Bonchev–Trinajstić information content (AvgIpc) is 2.82. The van der Waals surface area contributed by atoms with Crippen molar-refractivity contribution in [2.75, 3.05) is 19.4 Å². The van der Waals surface area contributed by atoms with E-state index in [9.17, 15) is 0 Å². The number of amidine groups is 1. The lowest BCUT2D eigenvalue weighted by Crippen LogP contribution is -2.22. The predicted molar refractivity (Wildman–Crippen MR) is 83.7 cm³/mol. The molecule has 0 aromatic heterocycles. The van der Waals surface area contributed by atoms with Crippen molar-refractivity contribution >= 4 is 30.7 Å². The first-order valence-electron chi connectivity index (χ1n) is 6.22. The molecule has 0 unspecified atom stereocenters. The monoisotopic (exact) mass is 297 g/mol. The molecule has 3 N–H and O–H groups in total. The third kappa shape index (κ3) is 3.25. The highest BCUT2D eigenvalue weighted by Gasteiger charge is 2.28. The van der Waals surface area contributed by atoms with Crippen LogP contribution >= 0.6 is 24.9 Å². The van der Waals surface area contributed by atoms with Gasteiger partial charge in [0, 0.05) is 24.4 Å². The van der Waals surface area contributed by atoms with E-state index in [1.807, 2.05) is 22.7 Å². The van der Waals surface area contributed by atoms with Crippen LogP contribution in [0, 0.1) is 5.41 Å². The zero-order valence-electron chi connectivity index (χ0n) is 10.9. The molecule has 4 nitrogen and oxygen atoms in total. The largest absolute Gasteiger partial charge is 0.384 e. The molecule has 1 atom stereocenters. The summed E-state index contributed by atoms with van der Waals surface area (Å²) in [6, 6.07) is 6.28. The van der Waals surface area contributed by atoms with Gasteiger partial charge >= 0.3 is 0 Å². The molecule has 0 heterocycles. The van der Waals surface area contributed by atoms with Gasteiger partial charge in [-0.25, -0.2) is 4.31 Å². The summed E-state index contributed by atoms with van der Waals surface area (Å²) < 4.78 is 7.31. The molecule has 1 aromatic carbocycles. The van der Waals surface area contributed by atoms with Crippen molar-refractivity contribution in [3.63, 3.8) is 0 Å². The molecule has 19 heavy (non-hydrogen) atoms. The zero-order valence-corrected chi connectivity index (χ0v) is 12.6. The molecular formula is C13H19N3OS2. The van der Waals surface area contributed by atoms with Crippen LogP contribution in [-0.4, -0.2) is 29.5 Å².